The van der Waals surface area contributed by atoms with Gasteiger partial charge in [0, 0.05) is 43.8 Å². The molecule has 80 heavy (non-hydrogen) atoms. The number of fused-ring (bicyclic) bond motifs is 6. The van der Waals surface area contributed by atoms with Gasteiger partial charge in [0.15, 0.2) is 23.2 Å². The van der Waals surface area contributed by atoms with Crippen LogP contribution < -0.4 is 0 Å². The third kappa shape index (κ3) is 8.20. The Morgan fingerprint density at radius 1 is 0.312 bits per heavy atom. The fourth-order valence-corrected chi connectivity index (χ4v) is 11.2. The molecule has 0 fully saturated rings. The van der Waals surface area contributed by atoms with Gasteiger partial charge in [-0.05, 0) is 124 Å². The Balaban J connectivity index is 1.02. The molecule has 370 valence electrons. The molecule has 0 saturated heterocycles. The molecular weight excluding hydrogens is 977 g/mol. The van der Waals surface area contributed by atoms with Gasteiger partial charge >= 0.3 is 0 Å². The van der Waals surface area contributed by atoms with Gasteiger partial charge in [-0.2, -0.15) is 10.5 Å². The molecule has 0 amide bonds. The molecule has 0 atom stereocenters. The van der Waals surface area contributed by atoms with Crippen molar-refractivity contribution < 1.29 is 0 Å². The fourth-order valence-electron chi connectivity index (χ4n) is 11.2. The molecule has 0 aliphatic rings. The van der Waals surface area contributed by atoms with Gasteiger partial charge in [-0.3, -0.25) is 0 Å². The first-order valence-corrected chi connectivity index (χ1v) is 26.2. The average Bonchev–Trinajstić information content (AvgIpc) is 4.18. The molecule has 8 heteroatoms. The molecule has 0 radical (unpaired) electrons. The number of aromatic nitrogens is 5. The molecule has 3 heterocycles. The van der Waals surface area contributed by atoms with Gasteiger partial charge in [0.25, 0.3) is 0 Å². The van der Waals surface area contributed by atoms with Crippen molar-refractivity contribution in [2.75, 3.05) is 0 Å². The largest absolute Gasteiger partial charge is 0.309 e. The standard InChI is InChI=1S/C72H42N8/c1-75-57-34-28-50(29-35-57)55-32-38-68-62(42-55)61-41-54(49-26-22-47(45-74)23-27-49)31-37-67(61)80(68)69-39-33-56(43-63(69)72-77-70(51-12-4-2-5-13-51)76-71(78-72)52-14-6-3-7-15-52)58-16-8-10-18-64(58)79-65-19-11-9-17-59(65)60-40-53(30-36-66(60)79)48-24-20-46(44-73)21-25-48/h2-43H. The van der Waals surface area contributed by atoms with Crippen LogP contribution in [0.2, 0.25) is 0 Å². The van der Waals surface area contributed by atoms with Crippen LogP contribution in [0.4, 0.5) is 5.69 Å². The van der Waals surface area contributed by atoms with Crippen LogP contribution in [-0.2, 0) is 0 Å². The fraction of sp³-hybridized carbons (Fsp3) is 0. The van der Waals surface area contributed by atoms with Crippen molar-refractivity contribution in [1.82, 2.24) is 24.1 Å². The van der Waals surface area contributed by atoms with Crippen molar-refractivity contribution in [3.8, 4) is 102 Å². The summed E-state index contributed by atoms with van der Waals surface area (Å²) in [5.74, 6) is 1.62. The second-order valence-corrected chi connectivity index (χ2v) is 19.7. The Bertz CT molecular complexity index is 4710. The normalized spacial score (nSPS) is 11.2. The van der Waals surface area contributed by atoms with Crippen LogP contribution in [-0.4, -0.2) is 24.1 Å². The molecule has 0 bridgehead atoms. The van der Waals surface area contributed by atoms with Crippen molar-refractivity contribution in [2.24, 2.45) is 0 Å². The molecular formula is C72H42N8. The summed E-state index contributed by atoms with van der Waals surface area (Å²) >= 11 is 0. The van der Waals surface area contributed by atoms with Gasteiger partial charge in [0.2, 0.25) is 0 Å². The molecule has 3 aromatic heterocycles. The summed E-state index contributed by atoms with van der Waals surface area (Å²) in [5.41, 5.74) is 18.5. The molecule has 8 nitrogen and oxygen atoms in total. The summed E-state index contributed by atoms with van der Waals surface area (Å²) in [5, 5.41) is 23.5. The lowest BCUT2D eigenvalue weighted by Crippen LogP contribution is -2.04. The SMILES string of the molecule is [C-]#[N+]c1ccc(-c2ccc3c(c2)c2cc(-c4ccc(C#N)cc4)ccc2n3-c2ccc(-c3ccccc3-n3c4ccccc4c4cc(-c5ccc(C#N)cc5)ccc43)cc2-c2nc(-c3ccccc3)nc(-c3ccccc3)n2)cc1. The molecule has 0 unspecified atom stereocenters. The van der Waals surface area contributed by atoms with Crippen LogP contribution in [0, 0.1) is 29.2 Å². The number of nitrogens with zero attached hydrogens (tertiary/aromatic N) is 8. The molecule has 14 aromatic rings. The van der Waals surface area contributed by atoms with Crippen LogP contribution >= 0.6 is 0 Å². The van der Waals surface area contributed by atoms with Crippen molar-refractivity contribution in [2.45, 2.75) is 0 Å². The highest BCUT2D eigenvalue weighted by Crippen LogP contribution is 2.43. The van der Waals surface area contributed by atoms with Crippen LogP contribution in [0.15, 0.2) is 255 Å². The summed E-state index contributed by atoms with van der Waals surface area (Å²) in [7, 11) is 0. The topological polar surface area (TPSA) is 100 Å². The van der Waals surface area contributed by atoms with E-state index in [-0.39, 0.29) is 0 Å². The first-order valence-electron chi connectivity index (χ1n) is 26.2. The summed E-state index contributed by atoms with van der Waals surface area (Å²) < 4.78 is 4.70. The number of benzene rings is 11. The summed E-state index contributed by atoms with van der Waals surface area (Å²) in [6, 6.07) is 91.5. The van der Waals surface area contributed by atoms with Crippen LogP contribution in [0.5, 0.6) is 0 Å². The third-order valence-corrected chi connectivity index (χ3v) is 15.1. The Labute approximate surface area is 461 Å². The van der Waals surface area contributed by atoms with E-state index in [9.17, 15) is 10.5 Å². The van der Waals surface area contributed by atoms with Crippen LogP contribution in [0.1, 0.15) is 11.1 Å². The van der Waals surface area contributed by atoms with Gasteiger partial charge < -0.3 is 9.13 Å². The maximum absolute atomic E-state index is 9.65. The van der Waals surface area contributed by atoms with E-state index in [4.69, 9.17) is 21.5 Å². The zero-order valence-corrected chi connectivity index (χ0v) is 42.8. The zero-order chi connectivity index (χ0) is 53.7. The zero-order valence-electron chi connectivity index (χ0n) is 42.8. The van der Waals surface area contributed by atoms with E-state index >= 15 is 0 Å². The minimum absolute atomic E-state index is 0.514. The first kappa shape index (κ1) is 47.0. The molecule has 0 N–H and O–H groups in total. The van der Waals surface area contributed by atoms with E-state index < -0.39 is 0 Å². The predicted molar refractivity (Wildman–Crippen MR) is 322 cm³/mol. The van der Waals surface area contributed by atoms with E-state index in [0.29, 0.717) is 34.3 Å². The van der Waals surface area contributed by atoms with Gasteiger partial charge in [-0.1, -0.05) is 170 Å². The molecule has 0 spiro atoms. The number of rotatable bonds is 9. The minimum atomic E-state index is 0.514. The lowest BCUT2D eigenvalue weighted by atomic mass is 9.98. The lowest BCUT2D eigenvalue weighted by molar-refractivity contribution is 1.06. The smallest absolute Gasteiger partial charge is 0.187 e. The average molecular weight is 1020 g/mol. The summed E-state index contributed by atoms with van der Waals surface area (Å²) in [6.45, 7) is 7.60. The maximum atomic E-state index is 9.65. The van der Waals surface area contributed by atoms with E-state index in [1.54, 1.807) is 0 Å². The predicted octanol–water partition coefficient (Wildman–Crippen LogP) is 18.0. The van der Waals surface area contributed by atoms with E-state index in [1.807, 2.05) is 133 Å². The third-order valence-electron chi connectivity index (χ3n) is 15.1. The number of para-hydroxylation sites is 2. The van der Waals surface area contributed by atoms with Crippen molar-refractivity contribution in [3.05, 3.63) is 277 Å². The van der Waals surface area contributed by atoms with E-state index in [1.165, 1.54) is 0 Å². The highest BCUT2D eigenvalue weighted by Gasteiger charge is 2.23. The van der Waals surface area contributed by atoms with E-state index in [0.717, 1.165) is 116 Å². The highest BCUT2D eigenvalue weighted by atomic mass is 15.1. The van der Waals surface area contributed by atoms with Crippen LogP contribution in [0.3, 0.4) is 0 Å². The van der Waals surface area contributed by atoms with Crippen molar-refractivity contribution in [3.63, 3.8) is 0 Å². The molecule has 11 aromatic carbocycles. The maximum Gasteiger partial charge on any atom is 0.187 e. The Hall–Kier alpha value is -11.5. The monoisotopic (exact) mass is 1020 g/mol. The second-order valence-electron chi connectivity index (χ2n) is 19.7. The summed E-state index contributed by atoms with van der Waals surface area (Å²) in [6.07, 6.45) is 0. The quantitative estimate of drug-likeness (QED) is 0.134. The van der Waals surface area contributed by atoms with Gasteiger partial charge in [-0.25, -0.2) is 19.8 Å². The summed E-state index contributed by atoms with van der Waals surface area (Å²) in [4.78, 5) is 19.6. The van der Waals surface area contributed by atoms with Crippen molar-refractivity contribution in [1.29, 1.82) is 10.5 Å². The first-order chi connectivity index (χ1) is 39.5. The van der Waals surface area contributed by atoms with Crippen LogP contribution in [0.25, 0.3) is 139 Å². The minimum Gasteiger partial charge on any atom is -0.309 e. The highest BCUT2D eigenvalue weighted by molar-refractivity contribution is 6.13. The number of hydrogen-bond donors (Lipinski definition) is 0. The molecule has 0 aliphatic heterocycles. The van der Waals surface area contributed by atoms with E-state index in [2.05, 4.69) is 147 Å². The van der Waals surface area contributed by atoms with Crippen molar-refractivity contribution >= 4 is 49.3 Å². The Morgan fingerprint density at radius 3 is 1.23 bits per heavy atom. The van der Waals surface area contributed by atoms with Gasteiger partial charge in [0.1, 0.15) is 0 Å². The second kappa shape index (κ2) is 19.6. The molecule has 0 saturated carbocycles. The van der Waals surface area contributed by atoms with Gasteiger partial charge in [0.05, 0.1) is 63.3 Å². The Morgan fingerprint density at radius 2 is 0.713 bits per heavy atom. The number of hydrogen-bond acceptors (Lipinski definition) is 5. The lowest BCUT2D eigenvalue weighted by Gasteiger charge is -2.18. The Kier molecular flexibility index (Phi) is 11.5. The molecule has 14 rings (SSSR count). The molecule has 0 aliphatic carbocycles. The van der Waals surface area contributed by atoms with Gasteiger partial charge in [-0.15, -0.1) is 0 Å². The number of nitriles is 2.